The van der Waals surface area contributed by atoms with Crippen LogP contribution in [0.3, 0.4) is 0 Å². The molecule has 0 aliphatic rings. The third kappa shape index (κ3) is 1230. The Balaban J connectivity index is -0.0000000600. The monoisotopic (exact) mass is 386 g/mol. The first-order valence-electron chi connectivity index (χ1n) is 1.13. The molecule has 0 bridgehead atoms. The Kier molecular flexibility index (Phi) is 6.60. The van der Waals surface area contributed by atoms with E-state index in [2.05, 4.69) is 0 Å². The van der Waals surface area contributed by atoms with E-state index in [-0.39, 0.29) is 38.3 Å². The zero-order chi connectivity index (χ0) is 6.41. The van der Waals surface area contributed by atoms with Crippen LogP contribution in [0.2, 0.25) is 0 Å². The van der Waals surface area contributed by atoms with Gasteiger partial charge in [0.05, 0.1) is 0 Å². The first-order chi connectivity index (χ1) is 2.45. The molecule has 0 atom stereocenters. The van der Waals surface area contributed by atoms with E-state index in [1.165, 1.54) is 0 Å². The van der Waals surface area contributed by atoms with Crippen molar-refractivity contribution in [3.8, 4) is 0 Å². The van der Waals surface area contributed by atoms with Crippen molar-refractivity contribution >= 4 is 35.9 Å². The minimum Gasteiger partial charge on any atom is -0.412 e. The molecule has 2 radical (unpaired) electrons. The topological polar surface area (TPSA) is 63.0 Å². The Hall–Kier alpha value is 0.639. The number of hydrogen-bond donors (Lipinski definition) is 0. The predicted molar refractivity (Wildman–Crippen MR) is 25.4 cm³/mol. The molecule has 0 unspecified atom stereocenters. The molecular weight excluding hydrogens is 381 g/mol. The second-order valence-electron chi connectivity index (χ2n) is 1.07. The summed E-state index contributed by atoms with van der Waals surface area (Å²) >= 11 is 0. The van der Waals surface area contributed by atoms with E-state index in [1.807, 2.05) is 0 Å². The molecule has 0 heterocycles. The van der Waals surface area contributed by atoms with E-state index < -0.39 is 8.63 Å². The first kappa shape index (κ1) is 22.4. The van der Waals surface area contributed by atoms with E-state index >= 15 is 0 Å². The van der Waals surface area contributed by atoms with Gasteiger partial charge in [-0.05, 0) is 0 Å². The van der Waals surface area contributed by atoms with Crippen molar-refractivity contribution < 1.29 is 35.6 Å². The van der Waals surface area contributed by atoms with Gasteiger partial charge in [0, 0.05) is 0 Å². The van der Waals surface area contributed by atoms with Gasteiger partial charge >= 0.3 is 60.6 Å². The summed E-state index contributed by atoms with van der Waals surface area (Å²) < 4.78 is 59.3. The molecule has 0 rings (SSSR count). The Bertz CT molecular complexity index is 74.3. The molecule has 0 aromatic rings. The van der Waals surface area contributed by atoms with Gasteiger partial charge in [0.25, 0.3) is 0 Å². The molecule has 0 aromatic carbocycles. The summed E-state index contributed by atoms with van der Waals surface area (Å²) in [5.41, 5.74) is 0. The first-order valence-corrected chi connectivity index (χ1v) is 3.40. The van der Waals surface area contributed by atoms with Crippen molar-refractivity contribution in [3.63, 3.8) is 0 Å². The molecule has 0 saturated heterocycles. The molecule has 0 amide bonds. The smallest absolute Gasteiger partial charge is 0.412 e. The Labute approximate surface area is 71.8 Å². The average molecular weight is 385 g/mol. The van der Waals surface area contributed by atoms with E-state index in [1.54, 1.807) is 0 Å². The molecule has 10 heavy (non-hydrogen) atoms. The normalized spacial score (nSPS) is 16.2. The van der Waals surface area contributed by atoms with Crippen LogP contribution < -0.4 is 0 Å². The number of halogens is 6. The van der Waals surface area contributed by atoms with Gasteiger partial charge in [-0.2, -0.15) is 0 Å². The summed E-state index contributed by atoms with van der Waals surface area (Å²) in [7, 11) is -10.8. The maximum absolute atomic E-state index is 10.8. The molecular formula is H4F6O2PbSi. The largest absolute Gasteiger partial charge is 2.00 e. The summed E-state index contributed by atoms with van der Waals surface area (Å²) in [6.07, 6.45) is 0. The zero-order valence-electron chi connectivity index (χ0n) is 4.27. The van der Waals surface area contributed by atoms with Gasteiger partial charge in [0.1, 0.15) is 0 Å². The summed E-state index contributed by atoms with van der Waals surface area (Å²) in [5, 5.41) is 0. The Morgan fingerprint density at radius 2 is 0.600 bits per heavy atom. The quantitative estimate of drug-likeness (QED) is 0.323. The van der Waals surface area contributed by atoms with E-state index in [0.29, 0.717) is 0 Å². The molecule has 0 aliphatic carbocycles. The molecule has 0 aliphatic heterocycles. The van der Waals surface area contributed by atoms with E-state index in [4.69, 9.17) is 0 Å². The van der Waals surface area contributed by atoms with Crippen molar-refractivity contribution in [1.82, 2.24) is 0 Å². The second-order valence-corrected chi connectivity index (χ2v) is 3.21. The maximum Gasteiger partial charge on any atom is 2.00 e. The van der Waals surface area contributed by atoms with Crippen LogP contribution in [-0.4, -0.2) is 46.9 Å². The molecule has 0 fully saturated rings. The van der Waals surface area contributed by atoms with Crippen molar-refractivity contribution in [3.05, 3.63) is 0 Å². The van der Waals surface area contributed by atoms with Gasteiger partial charge in [-0.25, -0.2) is 0 Å². The van der Waals surface area contributed by atoms with Gasteiger partial charge in [-0.15, -0.1) is 0 Å². The zero-order valence-corrected chi connectivity index (χ0v) is 9.16. The van der Waals surface area contributed by atoms with Gasteiger partial charge in [0.15, 0.2) is 0 Å². The van der Waals surface area contributed by atoms with Crippen molar-refractivity contribution in [2.45, 2.75) is 0 Å². The standard InChI is InChI=1S/F6Si.2H2O.Pb/c1-7(2,3,4,5)6;;;/h;2*1H2;/q-2;;;+2. The third-order valence-corrected chi connectivity index (χ3v) is 0. The van der Waals surface area contributed by atoms with Crippen LogP contribution in [0.5, 0.6) is 0 Å². The Morgan fingerprint density at radius 1 is 0.600 bits per heavy atom. The fourth-order valence-corrected chi connectivity index (χ4v) is 0. The van der Waals surface area contributed by atoms with Crippen LogP contribution in [0.15, 0.2) is 0 Å². The second kappa shape index (κ2) is 2.94. The van der Waals surface area contributed by atoms with Crippen LogP contribution in [0.1, 0.15) is 0 Å². The summed E-state index contributed by atoms with van der Waals surface area (Å²) in [4.78, 5) is 0. The van der Waals surface area contributed by atoms with E-state index in [0.717, 1.165) is 0 Å². The van der Waals surface area contributed by atoms with Crippen LogP contribution >= 0.6 is 0 Å². The molecule has 0 aromatic heterocycles. The van der Waals surface area contributed by atoms with E-state index in [9.17, 15) is 24.6 Å². The van der Waals surface area contributed by atoms with Crippen molar-refractivity contribution in [2.24, 2.45) is 0 Å². The van der Waals surface area contributed by atoms with Crippen molar-refractivity contribution in [1.29, 1.82) is 0 Å². The fraction of sp³-hybridized carbons (Fsp3) is 0. The average Bonchev–Trinajstić information content (AvgIpc) is 0.592. The maximum atomic E-state index is 9.88. The fourth-order valence-electron chi connectivity index (χ4n) is 0. The minimum absolute atomic E-state index is 0. The molecule has 2 nitrogen and oxygen atoms in total. The van der Waals surface area contributed by atoms with Gasteiger partial charge < -0.3 is 11.0 Å². The molecule has 0 saturated carbocycles. The molecule has 66 valence electrons. The molecule has 10 heteroatoms. The molecule has 4 N–H and O–H groups in total. The number of rotatable bonds is 0. The minimum atomic E-state index is -10.8. The number of hydrogen-bond acceptors (Lipinski definition) is 0. The summed E-state index contributed by atoms with van der Waals surface area (Å²) in [6, 6.07) is 0. The summed E-state index contributed by atoms with van der Waals surface area (Å²) in [6.45, 7) is 0. The summed E-state index contributed by atoms with van der Waals surface area (Å²) in [5.74, 6) is 0. The van der Waals surface area contributed by atoms with Crippen LogP contribution in [-0.2, 0) is 0 Å². The Morgan fingerprint density at radius 3 is 0.600 bits per heavy atom. The SMILES string of the molecule is F[Si-2](F)(F)(F)(F)F.O.O.[Pb+2]. The molecule has 0 spiro atoms. The van der Waals surface area contributed by atoms with Gasteiger partial charge in [-0.1, -0.05) is 0 Å². The van der Waals surface area contributed by atoms with Crippen LogP contribution in [0.25, 0.3) is 0 Å². The van der Waals surface area contributed by atoms with Crippen molar-refractivity contribution in [2.75, 3.05) is 0 Å². The van der Waals surface area contributed by atoms with Gasteiger partial charge in [-0.3, -0.25) is 0 Å². The van der Waals surface area contributed by atoms with Crippen LogP contribution in [0.4, 0.5) is 24.6 Å². The van der Waals surface area contributed by atoms with Crippen LogP contribution in [0, 0.1) is 0 Å². The predicted octanol–water partition coefficient (Wildman–Crippen LogP) is 0.110. The third-order valence-electron chi connectivity index (χ3n) is 0. The van der Waals surface area contributed by atoms with Gasteiger partial charge in [0.2, 0.25) is 0 Å².